The van der Waals surface area contributed by atoms with E-state index in [1.54, 1.807) is 26.8 Å². The van der Waals surface area contributed by atoms with Gasteiger partial charge in [-0.3, -0.25) is 10.1 Å². The number of amides is 1. The molecule has 2 aromatic carbocycles. The lowest BCUT2D eigenvalue weighted by Gasteiger charge is -2.24. The van der Waals surface area contributed by atoms with Crippen LogP contribution in [0.3, 0.4) is 0 Å². The van der Waals surface area contributed by atoms with Crippen LogP contribution in [0.15, 0.2) is 42.5 Å². The van der Waals surface area contributed by atoms with Gasteiger partial charge in [0.05, 0.1) is 0 Å². The summed E-state index contributed by atoms with van der Waals surface area (Å²) in [6.07, 6.45) is -0.672. The van der Waals surface area contributed by atoms with Gasteiger partial charge in [0.1, 0.15) is 11.6 Å². The molecule has 6 heteroatoms. The van der Waals surface area contributed by atoms with E-state index in [1.165, 1.54) is 6.92 Å². The van der Waals surface area contributed by atoms with Gasteiger partial charge in [-0.1, -0.05) is 36.4 Å². The number of hydrogen-bond donors (Lipinski definition) is 1. The van der Waals surface area contributed by atoms with Crippen LogP contribution in [0.1, 0.15) is 39.3 Å². The fourth-order valence-electron chi connectivity index (χ4n) is 2.44. The highest BCUT2D eigenvalue weighted by atomic mass is 16.6. The first-order chi connectivity index (χ1) is 11.2. The van der Waals surface area contributed by atoms with Crippen molar-refractivity contribution in [3.63, 3.8) is 0 Å². The van der Waals surface area contributed by atoms with Crippen molar-refractivity contribution in [2.45, 2.75) is 45.4 Å². The van der Waals surface area contributed by atoms with Crippen LogP contribution in [0.5, 0.6) is 0 Å². The number of benzene rings is 2. The van der Waals surface area contributed by atoms with E-state index in [0.717, 1.165) is 10.8 Å². The van der Waals surface area contributed by atoms with E-state index in [0.29, 0.717) is 5.56 Å². The molecule has 0 radical (unpaired) electrons. The van der Waals surface area contributed by atoms with Crippen molar-refractivity contribution < 1.29 is 14.5 Å². The third-order valence-electron chi connectivity index (χ3n) is 3.62. The SMILES string of the molecule is C[C@@H]([C@H](NC(=O)OC(C)(C)C)c1ccc2ccccc2c1)[N+](=O)[O-]. The van der Waals surface area contributed by atoms with Gasteiger partial charge >= 0.3 is 6.09 Å². The van der Waals surface area contributed by atoms with E-state index >= 15 is 0 Å². The number of nitro groups is 1. The number of rotatable bonds is 4. The van der Waals surface area contributed by atoms with Crippen molar-refractivity contribution in [3.05, 3.63) is 58.1 Å². The van der Waals surface area contributed by atoms with Crippen LogP contribution in [0, 0.1) is 10.1 Å². The van der Waals surface area contributed by atoms with Crippen LogP contribution in [0.4, 0.5) is 4.79 Å². The average Bonchev–Trinajstić information content (AvgIpc) is 2.49. The maximum atomic E-state index is 12.1. The van der Waals surface area contributed by atoms with E-state index in [1.807, 2.05) is 36.4 Å². The lowest BCUT2D eigenvalue weighted by Crippen LogP contribution is -2.41. The van der Waals surface area contributed by atoms with Gasteiger partial charge in [0.25, 0.3) is 0 Å². The Hall–Kier alpha value is -2.63. The molecule has 0 saturated carbocycles. The molecule has 0 aromatic heterocycles. The summed E-state index contributed by atoms with van der Waals surface area (Å²) in [7, 11) is 0. The highest BCUT2D eigenvalue weighted by molar-refractivity contribution is 5.83. The molecule has 128 valence electrons. The average molecular weight is 330 g/mol. The molecule has 0 saturated heterocycles. The Bertz CT molecular complexity index is 752. The minimum Gasteiger partial charge on any atom is -0.444 e. The standard InChI is InChI=1S/C18H22N2O4/c1-12(20(22)23)16(19-17(21)24-18(2,3)4)15-10-9-13-7-5-6-8-14(13)11-15/h5-12,16H,1-4H3,(H,19,21)/t12-,16-/m0/s1. The molecule has 0 spiro atoms. The van der Waals surface area contributed by atoms with Gasteiger partial charge in [-0.05, 0) is 43.2 Å². The number of nitrogens with zero attached hydrogens (tertiary/aromatic N) is 1. The zero-order valence-electron chi connectivity index (χ0n) is 14.3. The van der Waals surface area contributed by atoms with Gasteiger partial charge in [0, 0.05) is 11.8 Å². The highest BCUT2D eigenvalue weighted by Crippen LogP contribution is 2.24. The summed E-state index contributed by atoms with van der Waals surface area (Å²) in [5, 5.41) is 15.9. The van der Waals surface area contributed by atoms with Crippen molar-refractivity contribution in [2.75, 3.05) is 0 Å². The molecule has 0 fully saturated rings. The topological polar surface area (TPSA) is 81.5 Å². The zero-order chi connectivity index (χ0) is 17.9. The van der Waals surface area contributed by atoms with Crippen LogP contribution >= 0.6 is 0 Å². The molecule has 0 aliphatic heterocycles. The van der Waals surface area contributed by atoms with Gasteiger partial charge in [-0.25, -0.2) is 4.79 Å². The van der Waals surface area contributed by atoms with Gasteiger partial charge < -0.3 is 10.1 Å². The minimum absolute atomic E-state index is 0.406. The van der Waals surface area contributed by atoms with Gasteiger partial charge in [-0.15, -0.1) is 0 Å². The molecular formula is C18H22N2O4. The fourth-order valence-corrected chi connectivity index (χ4v) is 2.44. The quantitative estimate of drug-likeness (QED) is 0.677. The van der Waals surface area contributed by atoms with Gasteiger partial charge in [-0.2, -0.15) is 0 Å². The molecule has 2 rings (SSSR count). The molecule has 0 unspecified atom stereocenters. The van der Waals surface area contributed by atoms with E-state index in [-0.39, 0.29) is 0 Å². The molecule has 24 heavy (non-hydrogen) atoms. The van der Waals surface area contributed by atoms with Crippen molar-refractivity contribution >= 4 is 16.9 Å². The molecular weight excluding hydrogens is 308 g/mol. The predicted octanol–water partition coefficient (Wildman–Crippen LogP) is 4.07. The smallest absolute Gasteiger partial charge is 0.408 e. The summed E-state index contributed by atoms with van der Waals surface area (Å²) in [4.78, 5) is 22.9. The lowest BCUT2D eigenvalue weighted by atomic mass is 9.98. The second-order valence-corrected chi connectivity index (χ2v) is 6.76. The van der Waals surface area contributed by atoms with Gasteiger partial charge in [0.2, 0.25) is 6.04 Å². The number of fused-ring (bicyclic) bond motifs is 1. The van der Waals surface area contributed by atoms with Crippen molar-refractivity contribution in [2.24, 2.45) is 0 Å². The van der Waals surface area contributed by atoms with Crippen molar-refractivity contribution in [3.8, 4) is 0 Å². The summed E-state index contributed by atoms with van der Waals surface area (Å²) in [5.74, 6) is 0. The summed E-state index contributed by atoms with van der Waals surface area (Å²) in [5.41, 5.74) is -0.000614. The van der Waals surface area contributed by atoms with Crippen LogP contribution in [0.25, 0.3) is 10.8 Å². The second-order valence-electron chi connectivity index (χ2n) is 6.76. The van der Waals surface area contributed by atoms with Crippen molar-refractivity contribution in [1.29, 1.82) is 0 Å². The Morgan fingerprint density at radius 1 is 1.17 bits per heavy atom. The molecule has 1 amide bonds. The normalized spacial score (nSPS) is 14.0. The van der Waals surface area contributed by atoms with Crippen LogP contribution in [-0.2, 0) is 4.74 Å². The Morgan fingerprint density at radius 2 is 1.79 bits per heavy atom. The first kappa shape index (κ1) is 17.7. The molecule has 2 atom stereocenters. The Balaban J connectivity index is 2.34. The fraction of sp³-hybridized carbons (Fsp3) is 0.389. The monoisotopic (exact) mass is 330 g/mol. The summed E-state index contributed by atoms with van der Waals surface area (Å²) < 4.78 is 5.23. The Labute approximate surface area is 141 Å². The number of nitrogens with one attached hydrogen (secondary N) is 1. The highest BCUT2D eigenvalue weighted by Gasteiger charge is 2.31. The molecule has 0 aliphatic rings. The summed E-state index contributed by atoms with van der Waals surface area (Å²) >= 11 is 0. The van der Waals surface area contributed by atoms with E-state index < -0.39 is 28.7 Å². The van der Waals surface area contributed by atoms with Crippen LogP contribution in [0.2, 0.25) is 0 Å². The molecule has 2 aromatic rings. The number of hydrogen-bond acceptors (Lipinski definition) is 4. The third-order valence-corrected chi connectivity index (χ3v) is 3.62. The van der Waals surface area contributed by atoms with E-state index in [4.69, 9.17) is 4.74 Å². The summed E-state index contributed by atoms with van der Waals surface area (Å²) in [6, 6.07) is 11.5. The summed E-state index contributed by atoms with van der Waals surface area (Å²) in [6.45, 7) is 6.70. The van der Waals surface area contributed by atoms with Crippen molar-refractivity contribution in [1.82, 2.24) is 5.32 Å². The molecule has 0 bridgehead atoms. The maximum absolute atomic E-state index is 12.1. The number of alkyl carbamates (subject to hydrolysis) is 1. The number of carbonyl (C=O) groups excluding carboxylic acids is 1. The first-order valence-electron chi connectivity index (χ1n) is 7.79. The third kappa shape index (κ3) is 4.44. The van der Waals surface area contributed by atoms with Crippen LogP contribution < -0.4 is 5.32 Å². The van der Waals surface area contributed by atoms with Crippen LogP contribution in [-0.4, -0.2) is 22.7 Å². The zero-order valence-corrected chi connectivity index (χ0v) is 14.3. The molecule has 0 aliphatic carbocycles. The largest absolute Gasteiger partial charge is 0.444 e. The molecule has 1 N–H and O–H groups in total. The van der Waals surface area contributed by atoms with E-state index in [9.17, 15) is 14.9 Å². The predicted molar refractivity (Wildman–Crippen MR) is 92.5 cm³/mol. The number of ether oxygens (including phenoxy) is 1. The maximum Gasteiger partial charge on any atom is 0.408 e. The molecule has 0 heterocycles. The Kier molecular flexibility index (Phi) is 5.07. The number of carbonyl (C=O) groups is 1. The van der Waals surface area contributed by atoms with Gasteiger partial charge in [0.15, 0.2) is 0 Å². The minimum atomic E-state index is -0.987. The lowest BCUT2D eigenvalue weighted by molar-refractivity contribution is -0.523. The Morgan fingerprint density at radius 3 is 2.38 bits per heavy atom. The van der Waals surface area contributed by atoms with E-state index in [2.05, 4.69) is 5.32 Å². The second kappa shape index (κ2) is 6.86. The first-order valence-corrected chi connectivity index (χ1v) is 7.79. The molecule has 6 nitrogen and oxygen atoms in total.